The van der Waals surface area contributed by atoms with Crippen LogP contribution in [0, 0.1) is 41.2 Å². The zero-order valence-corrected chi connectivity index (χ0v) is 24.3. The molecular formula is C36H25N3O6. The van der Waals surface area contributed by atoms with Gasteiger partial charge in [-0.3, -0.25) is 30.3 Å². The van der Waals surface area contributed by atoms with E-state index in [1.807, 2.05) is 42.5 Å². The Morgan fingerprint density at radius 1 is 0.489 bits per heavy atom. The number of para-hydroxylation sites is 3. The lowest BCUT2D eigenvalue weighted by Crippen LogP contribution is -2.48. The minimum absolute atomic E-state index is 0.0166. The molecule has 0 fully saturated rings. The van der Waals surface area contributed by atoms with Crippen LogP contribution in [0.4, 0.5) is 17.1 Å². The molecular weight excluding hydrogens is 570 g/mol. The number of rotatable bonds is 6. The van der Waals surface area contributed by atoms with Crippen LogP contribution < -0.4 is 0 Å². The van der Waals surface area contributed by atoms with Crippen LogP contribution >= 0.6 is 0 Å². The van der Waals surface area contributed by atoms with E-state index >= 15 is 0 Å². The highest BCUT2D eigenvalue weighted by Crippen LogP contribution is 2.68. The summed E-state index contributed by atoms with van der Waals surface area (Å²) in [5, 5.41) is 36.3. The molecule has 0 amide bonds. The Hall–Kier alpha value is -5.96. The lowest BCUT2D eigenvalue weighted by molar-refractivity contribution is -0.385. The van der Waals surface area contributed by atoms with Gasteiger partial charge in [0.2, 0.25) is 0 Å². The summed E-state index contributed by atoms with van der Waals surface area (Å²) in [6.07, 6.45) is 13.7. The predicted octanol–water partition coefficient (Wildman–Crippen LogP) is 8.73. The fourth-order valence-corrected chi connectivity index (χ4v) is 7.30. The van der Waals surface area contributed by atoms with Crippen molar-refractivity contribution in [3.8, 4) is 0 Å². The molecule has 0 unspecified atom stereocenters. The summed E-state index contributed by atoms with van der Waals surface area (Å²) in [7, 11) is 0. The minimum Gasteiger partial charge on any atom is -0.258 e. The molecule has 0 saturated carbocycles. The highest BCUT2D eigenvalue weighted by molar-refractivity contribution is 5.97. The van der Waals surface area contributed by atoms with E-state index in [-0.39, 0.29) is 17.1 Å². The summed E-state index contributed by atoms with van der Waals surface area (Å²) < 4.78 is 0. The summed E-state index contributed by atoms with van der Waals surface area (Å²) in [5.41, 5.74) is 5.22. The maximum Gasteiger partial charge on any atom is 0.277 e. The van der Waals surface area contributed by atoms with Gasteiger partial charge in [-0.2, -0.15) is 0 Å². The van der Waals surface area contributed by atoms with Crippen molar-refractivity contribution < 1.29 is 14.8 Å². The molecule has 0 bridgehead atoms. The molecule has 0 saturated heterocycles. The zero-order chi connectivity index (χ0) is 31.7. The SMILES string of the molecule is C[C@@]12C3=CC(c4ccccc4[N+](=O)[O-])=CC1=CC(c1ccccc1[N+](=O)[O-])=C1C=C(c4ccccc4[N+](=O)[O-])C=C(C=C3)[C@]12C. The van der Waals surface area contributed by atoms with E-state index in [1.165, 1.54) is 18.2 Å². The summed E-state index contributed by atoms with van der Waals surface area (Å²) in [5.74, 6) is 0. The van der Waals surface area contributed by atoms with E-state index < -0.39 is 25.6 Å². The van der Waals surface area contributed by atoms with Gasteiger partial charge in [0.15, 0.2) is 0 Å². The van der Waals surface area contributed by atoms with Gasteiger partial charge in [-0.25, -0.2) is 0 Å². The van der Waals surface area contributed by atoms with E-state index in [2.05, 4.69) is 13.8 Å². The van der Waals surface area contributed by atoms with Gasteiger partial charge in [0, 0.05) is 29.0 Å². The van der Waals surface area contributed by atoms with Crippen LogP contribution in [-0.2, 0) is 0 Å². The first-order valence-electron chi connectivity index (χ1n) is 14.3. The Balaban J connectivity index is 1.58. The molecule has 4 aliphatic rings. The molecule has 3 aromatic carbocycles. The number of benzene rings is 3. The van der Waals surface area contributed by atoms with E-state index in [0.717, 1.165) is 22.3 Å². The molecule has 9 nitrogen and oxygen atoms in total. The highest BCUT2D eigenvalue weighted by atomic mass is 16.6. The molecule has 0 aliphatic heterocycles. The van der Waals surface area contributed by atoms with Gasteiger partial charge in [0.1, 0.15) is 0 Å². The van der Waals surface area contributed by atoms with E-state index in [0.29, 0.717) is 33.4 Å². The number of nitrogens with zero attached hydrogens (tertiary/aromatic N) is 3. The number of nitro benzene ring substituents is 3. The van der Waals surface area contributed by atoms with Crippen LogP contribution in [0.5, 0.6) is 0 Å². The highest BCUT2D eigenvalue weighted by Gasteiger charge is 2.58. The third-order valence-electron chi connectivity index (χ3n) is 9.75. The van der Waals surface area contributed by atoms with E-state index in [1.54, 1.807) is 54.6 Å². The Morgan fingerprint density at radius 3 is 1.42 bits per heavy atom. The molecule has 45 heavy (non-hydrogen) atoms. The normalized spacial score (nSPS) is 22.8. The maximum absolute atomic E-state index is 12.3. The van der Waals surface area contributed by atoms with Crippen LogP contribution in [0.15, 0.2) is 138 Å². The second kappa shape index (κ2) is 9.78. The Labute approximate surface area is 257 Å². The van der Waals surface area contributed by atoms with Crippen molar-refractivity contribution in [3.63, 3.8) is 0 Å². The Morgan fingerprint density at radius 2 is 0.911 bits per heavy atom. The molecule has 0 heterocycles. The molecule has 7 rings (SSSR count). The average molecular weight is 596 g/mol. The monoisotopic (exact) mass is 595 g/mol. The fourth-order valence-electron chi connectivity index (χ4n) is 7.30. The molecule has 4 aliphatic carbocycles. The van der Waals surface area contributed by atoms with Gasteiger partial charge in [-0.15, -0.1) is 0 Å². The van der Waals surface area contributed by atoms with Crippen molar-refractivity contribution in [2.24, 2.45) is 10.8 Å². The number of hydrogen-bond donors (Lipinski definition) is 0. The summed E-state index contributed by atoms with van der Waals surface area (Å²) in [6.45, 7) is 4.22. The van der Waals surface area contributed by atoms with E-state index in [4.69, 9.17) is 0 Å². The number of allylic oxidation sites excluding steroid dienone is 14. The third kappa shape index (κ3) is 3.87. The number of hydrogen-bond acceptors (Lipinski definition) is 6. The molecule has 2 atom stereocenters. The smallest absolute Gasteiger partial charge is 0.258 e. The van der Waals surface area contributed by atoms with Crippen LogP contribution in [0.3, 0.4) is 0 Å². The Kier molecular flexibility index (Phi) is 6.05. The van der Waals surface area contributed by atoms with Crippen molar-refractivity contribution >= 4 is 33.8 Å². The average Bonchev–Trinajstić information content (AvgIpc) is 3.03. The maximum atomic E-state index is 12.3. The van der Waals surface area contributed by atoms with Gasteiger partial charge in [-0.1, -0.05) is 62.4 Å². The second-order valence-electron chi connectivity index (χ2n) is 11.7. The van der Waals surface area contributed by atoms with Crippen molar-refractivity contribution in [1.82, 2.24) is 0 Å². The van der Waals surface area contributed by atoms with Crippen molar-refractivity contribution in [2.75, 3.05) is 0 Å². The minimum atomic E-state index is -0.742. The van der Waals surface area contributed by atoms with Gasteiger partial charge >= 0.3 is 0 Å². The second-order valence-corrected chi connectivity index (χ2v) is 11.7. The quantitative estimate of drug-likeness (QED) is 0.207. The van der Waals surface area contributed by atoms with Crippen LogP contribution in [-0.4, -0.2) is 14.8 Å². The molecule has 0 spiro atoms. The first-order chi connectivity index (χ1) is 21.6. The van der Waals surface area contributed by atoms with Crippen LogP contribution in [0.25, 0.3) is 16.7 Å². The first kappa shape index (κ1) is 27.8. The van der Waals surface area contributed by atoms with Gasteiger partial charge in [-0.05, 0) is 87.6 Å². The van der Waals surface area contributed by atoms with Crippen LogP contribution in [0.1, 0.15) is 30.5 Å². The Bertz CT molecular complexity index is 2130. The number of nitro groups is 3. The van der Waals surface area contributed by atoms with Gasteiger partial charge in [0.25, 0.3) is 17.1 Å². The lowest BCUT2D eigenvalue weighted by atomic mass is 9.45. The summed E-state index contributed by atoms with van der Waals surface area (Å²) in [6, 6.07) is 19.7. The molecule has 3 aromatic rings. The van der Waals surface area contributed by atoms with Crippen molar-refractivity contribution in [1.29, 1.82) is 0 Å². The largest absolute Gasteiger partial charge is 0.277 e. The molecule has 220 valence electrons. The molecule has 0 radical (unpaired) electrons. The molecule has 0 N–H and O–H groups in total. The zero-order valence-electron chi connectivity index (χ0n) is 24.3. The summed E-state index contributed by atoms with van der Waals surface area (Å²) in [4.78, 5) is 35.0. The van der Waals surface area contributed by atoms with E-state index in [9.17, 15) is 30.3 Å². The van der Waals surface area contributed by atoms with Crippen LogP contribution in [0.2, 0.25) is 0 Å². The standard InChI is InChI=1S/C36H25N3O6/c1-35-24-15-16-25-18-23(28-10-4-7-13-33(28)38(42)43)20-31(36(25,35)2)30(29-11-5-8-14-34(29)39(44)45)21-26(35)19-22(17-24)27-9-3-6-12-32(27)37(40)41/h3-21H,1-2H3/t35-,36-/m1/s1. The third-order valence-corrected chi connectivity index (χ3v) is 9.75. The fraction of sp³-hybridized carbons (Fsp3) is 0.111. The van der Waals surface area contributed by atoms with Gasteiger partial charge < -0.3 is 0 Å². The first-order valence-corrected chi connectivity index (χ1v) is 14.3. The molecule has 0 aromatic heterocycles. The molecule has 9 heteroatoms. The lowest BCUT2D eigenvalue weighted by Gasteiger charge is -2.57. The predicted molar refractivity (Wildman–Crippen MR) is 172 cm³/mol. The topological polar surface area (TPSA) is 129 Å². The van der Waals surface area contributed by atoms with Gasteiger partial charge in [0.05, 0.1) is 31.5 Å². The van der Waals surface area contributed by atoms with Crippen molar-refractivity contribution in [3.05, 3.63) is 185 Å². The van der Waals surface area contributed by atoms with Crippen molar-refractivity contribution in [2.45, 2.75) is 13.8 Å². The summed E-state index contributed by atoms with van der Waals surface area (Å²) >= 11 is 0.